The smallest absolute Gasteiger partial charge is 0.221 e. The molecule has 1 aliphatic rings. The highest BCUT2D eigenvalue weighted by Gasteiger charge is 2.27. The first-order chi connectivity index (χ1) is 8.47. The number of nitrogens with two attached hydrogens (primary N) is 1. The van der Waals surface area contributed by atoms with Gasteiger partial charge in [0.15, 0.2) is 0 Å². The second kappa shape index (κ2) is 5.12. The van der Waals surface area contributed by atoms with Crippen LogP contribution in [0.4, 0.5) is 11.8 Å². The first-order valence-electron chi connectivity index (χ1n) is 6.80. The lowest BCUT2D eigenvalue weighted by Crippen LogP contribution is -2.27. The Morgan fingerprint density at radius 3 is 2.72 bits per heavy atom. The maximum atomic E-state index is 5.65. The van der Waals surface area contributed by atoms with Crippen molar-refractivity contribution in [2.24, 2.45) is 11.3 Å². The first-order valence-corrected chi connectivity index (χ1v) is 6.80. The summed E-state index contributed by atoms with van der Waals surface area (Å²) in [6.45, 7) is 9.17. The standard InChI is InChI=1S/C14H24N4/c1-14(2,3)11-5-4-9-18(10-7-11)12-6-8-16-13(15)17-12/h6,8,11H,4-5,7,9-10H2,1-3H3,(H2,15,16,17). The summed E-state index contributed by atoms with van der Waals surface area (Å²) in [4.78, 5) is 10.6. The number of hydrogen-bond acceptors (Lipinski definition) is 4. The molecule has 4 heteroatoms. The zero-order valence-corrected chi connectivity index (χ0v) is 11.7. The summed E-state index contributed by atoms with van der Waals surface area (Å²) in [5.41, 5.74) is 6.06. The molecule has 1 unspecified atom stereocenters. The SMILES string of the molecule is CC(C)(C)C1CCCN(c2ccnc(N)n2)CC1. The van der Waals surface area contributed by atoms with Gasteiger partial charge in [0, 0.05) is 19.3 Å². The maximum absolute atomic E-state index is 5.65. The molecule has 1 aromatic heterocycles. The molecule has 1 fully saturated rings. The summed E-state index contributed by atoms with van der Waals surface area (Å²) in [6, 6.07) is 1.95. The number of hydrogen-bond donors (Lipinski definition) is 1. The fourth-order valence-corrected chi connectivity index (χ4v) is 2.73. The molecule has 0 aromatic carbocycles. The van der Waals surface area contributed by atoms with E-state index in [0.29, 0.717) is 11.4 Å². The molecule has 18 heavy (non-hydrogen) atoms. The third-order valence-corrected chi connectivity index (χ3v) is 3.94. The van der Waals surface area contributed by atoms with Crippen LogP contribution in [0, 0.1) is 11.3 Å². The van der Waals surface area contributed by atoms with Gasteiger partial charge in [-0.3, -0.25) is 0 Å². The van der Waals surface area contributed by atoms with Gasteiger partial charge in [-0.25, -0.2) is 4.98 Å². The van der Waals surface area contributed by atoms with Gasteiger partial charge in [0.25, 0.3) is 0 Å². The molecule has 1 aromatic rings. The molecule has 1 aliphatic heterocycles. The van der Waals surface area contributed by atoms with Crippen molar-refractivity contribution >= 4 is 11.8 Å². The Bertz CT molecular complexity index is 397. The molecule has 100 valence electrons. The predicted molar refractivity (Wildman–Crippen MR) is 75.5 cm³/mol. The first kappa shape index (κ1) is 13.1. The quantitative estimate of drug-likeness (QED) is 0.830. The van der Waals surface area contributed by atoms with Crippen LogP contribution in [0.15, 0.2) is 12.3 Å². The van der Waals surface area contributed by atoms with Gasteiger partial charge in [0.1, 0.15) is 5.82 Å². The van der Waals surface area contributed by atoms with E-state index >= 15 is 0 Å². The number of aromatic nitrogens is 2. The van der Waals surface area contributed by atoms with Crippen LogP contribution >= 0.6 is 0 Å². The summed E-state index contributed by atoms with van der Waals surface area (Å²) in [6.07, 6.45) is 5.50. The molecule has 0 bridgehead atoms. The Kier molecular flexibility index (Phi) is 3.73. The number of anilines is 2. The average molecular weight is 248 g/mol. The van der Waals surface area contributed by atoms with Crippen LogP contribution < -0.4 is 10.6 Å². The zero-order valence-electron chi connectivity index (χ0n) is 11.7. The van der Waals surface area contributed by atoms with E-state index in [-0.39, 0.29) is 0 Å². The van der Waals surface area contributed by atoms with E-state index in [1.165, 1.54) is 19.3 Å². The van der Waals surface area contributed by atoms with E-state index < -0.39 is 0 Å². The summed E-state index contributed by atoms with van der Waals surface area (Å²) >= 11 is 0. The number of rotatable bonds is 1. The molecule has 2 N–H and O–H groups in total. The molecule has 1 saturated heterocycles. The van der Waals surface area contributed by atoms with Crippen molar-refractivity contribution in [3.8, 4) is 0 Å². The van der Waals surface area contributed by atoms with Crippen LogP contribution in [0.3, 0.4) is 0 Å². The Morgan fingerprint density at radius 2 is 2.06 bits per heavy atom. The largest absolute Gasteiger partial charge is 0.368 e. The van der Waals surface area contributed by atoms with E-state index in [9.17, 15) is 0 Å². The fraction of sp³-hybridized carbons (Fsp3) is 0.714. The van der Waals surface area contributed by atoms with Crippen molar-refractivity contribution in [3.05, 3.63) is 12.3 Å². The van der Waals surface area contributed by atoms with E-state index in [0.717, 1.165) is 24.8 Å². The molecule has 1 atom stereocenters. The van der Waals surface area contributed by atoms with E-state index in [1.807, 2.05) is 6.07 Å². The highest BCUT2D eigenvalue weighted by atomic mass is 15.2. The van der Waals surface area contributed by atoms with Crippen molar-refractivity contribution in [2.75, 3.05) is 23.7 Å². The summed E-state index contributed by atoms with van der Waals surface area (Å²) in [5.74, 6) is 2.13. The highest BCUT2D eigenvalue weighted by Crippen LogP contribution is 2.34. The fourth-order valence-electron chi connectivity index (χ4n) is 2.73. The van der Waals surface area contributed by atoms with Gasteiger partial charge in [-0.1, -0.05) is 20.8 Å². The molecule has 2 heterocycles. The topological polar surface area (TPSA) is 55.0 Å². The van der Waals surface area contributed by atoms with Crippen LogP contribution in [-0.2, 0) is 0 Å². The minimum absolute atomic E-state index is 0.365. The molecular weight excluding hydrogens is 224 g/mol. The zero-order chi connectivity index (χ0) is 13.2. The minimum Gasteiger partial charge on any atom is -0.368 e. The van der Waals surface area contributed by atoms with Gasteiger partial charge in [0.05, 0.1) is 0 Å². The van der Waals surface area contributed by atoms with Crippen molar-refractivity contribution < 1.29 is 0 Å². The molecule has 0 radical (unpaired) electrons. The molecule has 0 amide bonds. The lowest BCUT2D eigenvalue weighted by atomic mass is 9.77. The molecular formula is C14H24N4. The summed E-state index contributed by atoms with van der Waals surface area (Å²) in [5, 5.41) is 0. The molecule has 4 nitrogen and oxygen atoms in total. The van der Waals surface area contributed by atoms with Crippen molar-refractivity contribution in [2.45, 2.75) is 40.0 Å². The third-order valence-electron chi connectivity index (χ3n) is 3.94. The molecule has 0 aliphatic carbocycles. The lowest BCUT2D eigenvalue weighted by Gasteiger charge is -2.29. The van der Waals surface area contributed by atoms with Gasteiger partial charge in [-0.2, -0.15) is 4.98 Å². The maximum Gasteiger partial charge on any atom is 0.221 e. The molecule has 0 saturated carbocycles. The molecule has 0 spiro atoms. The van der Waals surface area contributed by atoms with Gasteiger partial charge in [-0.15, -0.1) is 0 Å². The van der Waals surface area contributed by atoms with Crippen LogP contribution in [-0.4, -0.2) is 23.1 Å². The lowest BCUT2D eigenvalue weighted by molar-refractivity contribution is 0.220. The van der Waals surface area contributed by atoms with Gasteiger partial charge in [0.2, 0.25) is 5.95 Å². The van der Waals surface area contributed by atoms with E-state index in [1.54, 1.807) is 6.20 Å². The number of nitrogen functional groups attached to an aromatic ring is 1. The van der Waals surface area contributed by atoms with Gasteiger partial charge >= 0.3 is 0 Å². The average Bonchev–Trinajstić information content (AvgIpc) is 2.53. The van der Waals surface area contributed by atoms with E-state index in [4.69, 9.17) is 5.73 Å². The van der Waals surface area contributed by atoms with Crippen LogP contribution in [0.1, 0.15) is 40.0 Å². The van der Waals surface area contributed by atoms with Gasteiger partial charge < -0.3 is 10.6 Å². The Balaban J connectivity index is 2.05. The Morgan fingerprint density at radius 1 is 1.28 bits per heavy atom. The minimum atomic E-state index is 0.365. The third kappa shape index (κ3) is 3.12. The summed E-state index contributed by atoms with van der Waals surface area (Å²) in [7, 11) is 0. The Labute approximate surface area is 110 Å². The second-order valence-corrected chi connectivity index (χ2v) is 6.25. The molecule has 2 rings (SSSR count). The van der Waals surface area contributed by atoms with Crippen LogP contribution in [0.5, 0.6) is 0 Å². The monoisotopic (exact) mass is 248 g/mol. The number of nitrogens with zero attached hydrogens (tertiary/aromatic N) is 3. The second-order valence-electron chi connectivity index (χ2n) is 6.25. The Hall–Kier alpha value is -1.32. The predicted octanol–water partition coefficient (Wildman–Crippen LogP) is 2.71. The van der Waals surface area contributed by atoms with Gasteiger partial charge in [-0.05, 0) is 36.7 Å². The summed E-state index contributed by atoms with van der Waals surface area (Å²) < 4.78 is 0. The highest BCUT2D eigenvalue weighted by molar-refractivity contribution is 5.40. The van der Waals surface area contributed by atoms with Crippen molar-refractivity contribution in [1.82, 2.24) is 9.97 Å². The van der Waals surface area contributed by atoms with Crippen molar-refractivity contribution in [1.29, 1.82) is 0 Å². The van der Waals surface area contributed by atoms with Crippen LogP contribution in [0.2, 0.25) is 0 Å². The normalized spacial score (nSPS) is 21.7. The van der Waals surface area contributed by atoms with E-state index in [2.05, 4.69) is 35.6 Å². The van der Waals surface area contributed by atoms with Crippen LogP contribution in [0.25, 0.3) is 0 Å². The van der Waals surface area contributed by atoms with Crippen molar-refractivity contribution in [3.63, 3.8) is 0 Å².